The molecule has 2 nitrogen and oxygen atoms in total. The van der Waals surface area contributed by atoms with E-state index >= 15 is 0 Å². The summed E-state index contributed by atoms with van der Waals surface area (Å²) in [5, 5.41) is 7.48. The fourth-order valence-electron chi connectivity index (χ4n) is 2.54. The molecule has 0 heterocycles. The molecule has 0 bridgehead atoms. The first-order valence-electron chi connectivity index (χ1n) is 8.71. The summed E-state index contributed by atoms with van der Waals surface area (Å²) in [5.74, 6) is 0.590. The Kier molecular flexibility index (Phi) is 8.47. The predicted octanol–water partition coefficient (Wildman–Crippen LogP) is 5.10. The van der Waals surface area contributed by atoms with Gasteiger partial charge in [0, 0.05) is 12.2 Å². The molecule has 124 valence electrons. The van der Waals surface area contributed by atoms with E-state index in [0.717, 1.165) is 24.5 Å². The number of rotatable bonds is 8. The minimum Gasteiger partial charge on any atom is -0.362 e. The number of hydrogen-bond acceptors (Lipinski definition) is 1. The molecule has 0 atom stereocenters. The van der Waals surface area contributed by atoms with Gasteiger partial charge in [0.15, 0.2) is 5.11 Å². The molecule has 0 radical (unpaired) electrons. The lowest BCUT2D eigenvalue weighted by molar-refractivity contribution is 0.627. The lowest BCUT2D eigenvalue weighted by atomic mass is 9.96. The van der Waals surface area contributed by atoms with Gasteiger partial charge in [-0.1, -0.05) is 53.2 Å². The summed E-state index contributed by atoms with van der Waals surface area (Å²) in [5.41, 5.74) is 5.42. The first kappa shape index (κ1) is 19.0. The zero-order valence-electron chi connectivity index (χ0n) is 14.9. The first-order valence-corrected chi connectivity index (χ1v) is 9.12. The molecule has 0 aliphatic heterocycles. The van der Waals surface area contributed by atoms with Gasteiger partial charge in [-0.05, 0) is 60.5 Å². The molecular formula is C19H32N2S. The van der Waals surface area contributed by atoms with E-state index in [-0.39, 0.29) is 0 Å². The molecule has 0 aliphatic carbocycles. The number of unbranched alkanes of at least 4 members (excludes halogenated alkanes) is 1. The lowest BCUT2D eigenvalue weighted by Crippen LogP contribution is -2.32. The average molecular weight is 321 g/mol. The van der Waals surface area contributed by atoms with Gasteiger partial charge < -0.3 is 10.6 Å². The molecule has 0 aliphatic rings. The van der Waals surface area contributed by atoms with Crippen LogP contribution in [0, 0.1) is 5.92 Å². The minimum atomic E-state index is 0.590. The maximum Gasteiger partial charge on any atom is 0.170 e. The van der Waals surface area contributed by atoms with Crippen LogP contribution in [0.25, 0.3) is 0 Å². The third-order valence-electron chi connectivity index (χ3n) is 3.85. The van der Waals surface area contributed by atoms with Crippen LogP contribution < -0.4 is 10.6 Å². The fourth-order valence-corrected chi connectivity index (χ4v) is 2.72. The summed E-state index contributed by atoms with van der Waals surface area (Å²) in [7, 11) is 0. The Bertz CT molecular complexity index is 455. The van der Waals surface area contributed by atoms with E-state index < -0.39 is 0 Å². The number of anilines is 1. The molecule has 22 heavy (non-hydrogen) atoms. The fraction of sp³-hybridized carbons (Fsp3) is 0.632. The SMILES string of the molecule is CCCCc1cc(CC)c(NC(=S)NCC(C)C)c(CC)c1. The van der Waals surface area contributed by atoms with Gasteiger partial charge in [0.2, 0.25) is 0 Å². The van der Waals surface area contributed by atoms with Crippen LogP contribution in [0.1, 0.15) is 64.2 Å². The molecule has 0 amide bonds. The Balaban J connectivity index is 2.94. The Morgan fingerprint density at radius 2 is 1.68 bits per heavy atom. The van der Waals surface area contributed by atoms with E-state index in [0.29, 0.717) is 5.92 Å². The van der Waals surface area contributed by atoms with Gasteiger partial charge in [-0.3, -0.25) is 0 Å². The van der Waals surface area contributed by atoms with Crippen LogP contribution in [-0.4, -0.2) is 11.7 Å². The van der Waals surface area contributed by atoms with Crippen molar-refractivity contribution in [1.29, 1.82) is 0 Å². The van der Waals surface area contributed by atoms with Gasteiger partial charge in [0.25, 0.3) is 0 Å². The topological polar surface area (TPSA) is 24.1 Å². The van der Waals surface area contributed by atoms with Crippen molar-refractivity contribution in [1.82, 2.24) is 5.32 Å². The molecule has 0 aromatic heterocycles. The zero-order chi connectivity index (χ0) is 16.5. The summed E-state index contributed by atoms with van der Waals surface area (Å²) < 4.78 is 0. The van der Waals surface area contributed by atoms with Gasteiger partial charge in [-0.2, -0.15) is 0 Å². The molecule has 2 N–H and O–H groups in total. The molecule has 1 aromatic carbocycles. The highest BCUT2D eigenvalue weighted by Crippen LogP contribution is 2.26. The third kappa shape index (κ3) is 5.96. The second kappa shape index (κ2) is 9.83. The van der Waals surface area contributed by atoms with Crippen LogP contribution in [0.2, 0.25) is 0 Å². The van der Waals surface area contributed by atoms with Gasteiger partial charge in [-0.15, -0.1) is 0 Å². The van der Waals surface area contributed by atoms with Crippen molar-refractivity contribution in [3.05, 3.63) is 28.8 Å². The largest absolute Gasteiger partial charge is 0.362 e. The molecule has 0 spiro atoms. The highest BCUT2D eigenvalue weighted by atomic mass is 32.1. The van der Waals surface area contributed by atoms with E-state index in [1.165, 1.54) is 41.6 Å². The van der Waals surface area contributed by atoms with E-state index in [2.05, 4.69) is 57.4 Å². The quantitative estimate of drug-likeness (QED) is 0.652. The van der Waals surface area contributed by atoms with E-state index in [1.54, 1.807) is 0 Å². The number of benzene rings is 1. The number of hydrogen-bond donors (Lipinski definition) is 2. The maximum atomic E-state index is 5.45. The molecule has 0 saturated carbocycles. The smallest absolute Gasteiger partial charge is 0.170 e. The molecule has 1 aromatic rings. The summed E-state index contributed by atoms with van der Waals surface area (Å²) in [6.07, 6.45) is 5.73. The van der Waals surface area contributed by atoms with Crippen molar-refractivity contribution in [2.45, 2.75) is 66.7 Å². The Morgan fingerprint density at radius 3 is 2.14 bits per heavy atom. The normalized spacial score (nSPS) is 10.8. The lowest BCUT2D eigenvalue weighted by Gasteiger charge is -2.19. The summed E-state index contributed by atoms with van der Waals surface area (Å²) >= 11 is 5.45. The first-order chi connectivity index (χ1) is 10.5. The third-order valence-corrected chi connectivity index (χ3v) is 4.10. The van der Waals surface area contributed by atoms with Crippen molar-refractivity contribution in [3.63, 3.8) is 0 Å². The van der Waals surface area contributed by atoms with Gasteiger partial charge in [0.1, 0.15) is 0 Å². The second-order valence-electron chi connectivity index (χ2n) is 6.33. The number of nitrogens with one attached hydrogen (secondary N) is 2. The standard InChI is InChI=1S/C19H32N2S/c1-6-9-10-15-11-16(7-2)18(17(8-3)12-15)21-19(22)20-13-14(4)5/h11-12,14H,6-10,13H2,1-5H3,(H2,20,21,22). The number of aryl methyl sites for hydroxylation is 3. The Hall–Kier alpha value is -1.09. The molecule has 0 fully saturated rings. The average Bonchev–Trinajstić information content (AvgIpc) is 2.51. The van der Waals surface area contributed by atoms with Crippen LogP contribution in [0.5, 0.6) is 0 Å². The second-order valence-corrected chi connectivity index (χ2v) is 6.74. The van der Waals surface area contributed by atoms with Gasteiger partial charge in [0.05, 0.1) is 0 Å². The predicted molar refractivity (Wildman–Crippen MR) is 103 cm³/mol. The van der Waals surface area contributed by atoms with Crippen LogP contribution in [0.3, 0.4) is 0 Å². The van der Waals surface area contributed by atoms with Crippen LogP contribution in [0.15, 0.2) is 12.1 Å². The highest BCUT2D eigenvalue weighted by Gasteiger charge is 2.10. The van der Waals surface area contributed by atoms with Crippen molar-refractivity contribution in [2.75, 3.05) is 11.9 Å². The molecule has 0 unspecified atom stereocenters. The van der Waals surface area contributed by atoms with Crippen LogP contribution in [-0.2, 0) is 19.3 Å². The minimum absolute atomic E-state index is 0.590. The van der Waals surface area contributed by atoms with E-state index in [4.69, 9.17) is 12.2 Å². The highest BCUT2D eigenvalue weighted by molar-refractivity contribution is 7.80. The maximum absolute atomic E-state index is 5.45. The molecule has 0 saturated heterocycles. The van der Waals surface area contributed by atoms with Crippen molar-refractivity contribution >= 4 is 23.0 Å². The summed E-state index contributed by atoms with van der Waals surface area (Å²) in [6.45, 7) is 12.0. The van der Waals surface area contributed by atoms with Crippen molar-refractivity contribution in [3.8, 4) is 0 Å². The van der Waals surface area contributed by atoms with Crippen LogP contribution >= 0.6 is 12.2 Å². The monoisotopic (exact) mass is 320 g/mol. The zero-order valence-corrected chi connectivity index (χ0v) is 15.7. The van der Waals surface area contributed by atoms with Crippen molar-refractivity contribution < 1.29 is 0 Å². The van der Waals surface area contributed by atoms with Crippen LogP contribution in [0.4, 0.5) is 5.69 Å². The Morgan fingerprint density at radius 1 is 1.09 bits per heavy atom. The molecule has 3 heteroatoms. The summed E-state index contributed by atoms with van der Waals surface area (Å²) in [6, 6.07) is 4.70. The molecular weight excluding hydrogens is 288 g/mol. The number of thiocarbonyl (C=S) groups is 1. The summed E-state index contributed by atoms with van der Waals surface area (Å²) in [4.78, 5) is 0. The van der Waals surface area contributed by atoms with Crippen molar-refractivity contribution in [2.24, 2.45) is 5.92 Å². The van der Waals surface area contributed by atoms with E-state index in [9.17, 15) is 0 Å². The molecule has 1 rings (SSSR count). The van der Waals surface area contributed by atoms with Gasteiger partial charge in [-0.25, -0.2) is 0 Å². The van der Waals surface area contributed by atoms with Gasteiger partial charge >= 0.3 is 0 Å². The Labute approximate surface area is 142 Å². The van der Waals surface area contributed by atoms with E-state index in [1.807, 2.05) is 0 Å².